The number of halogens is 4. The molecule has 7 heteroatoms. The van der Waals surface area contributed by atoms with Crippen molar-refractivity contribution < 1.29 is 18.0 Å². The van der Waals surface area contributed by atoms with Gasteiger partial charge in [0.25, 0.3) is 5.91 Å². The van der Waals surface area contributed by atoms with Crippen LogP contribution in [0.5, 0.6) is 0 Å². The number of unbranched alkanes of at least 4 members (excludes halogenated alkanes) is 1. The molecule has 0 aromatic heterocycles. The minimum absolute atomic E-state index is 0.0424. The molecule has 0 bridgehead atoms. The summed E-state index contributed by atoms with van der Waals surface area (Å²) in [6.45, 7) is 5.46. The molecule has 168 valence electrons. The Kier molecular flexibility index (Phi) is 9.95. The molecule has 30 heavy (non-hydrogen) atoms. The van der Waals surface area contributed by atoms with Crippen LogP contribution in [0.2, 0.25) is 0 Å². The number of alkyl halides is 3. The number of carbonyl (C=O) groups is 1. The monoisotopic (exact) mass is 444 g/mol. The maximum Gasteiger partial charge on any atom is 0.416 e. The first-order chi connectivity index (χ1) is 14.0. The minimum Gasteiger partial charge on any atom is -0.373 e. The predicted octanol–water partition coefficient (Wildman–Crippen LogP) is 6.40. The van der Waals surface area contributed by atoms with Gasteiger partial charge in [0.15, 0.2) is 0 Å². The van der Waals surface area contributed by atoms with Crippen LogP contribution in [0.3, 0.4) is 0 Å². The second kappa shape index (κ2) is 11.4. The van der Waals surface area contributed by atoms with Crippen molar-refractivity contribution in [3.63, 3.8) is 0 Å². The van der Waals surface area contributed by atoms with Crippen LogP contribution in [0.25, 0.3) is 0 Å². The first kappa shape index (κ1) is 26.1. The Balaban J connectivity index is 3.24. The van der Waals surface area contributed by atoms with Crippen molar-refractivity contribution in [1.82, 2.24) is 10.2 Å². The summed E-state index contributed by atoms with van der Waals surface area (Å²) >= 11 is 5.96. The molecule has 0 unspecified atom stereocenters. The lowest BCUT2D eigenvalue weighted by atomic mass is 10.0. The second-order valence-electron chi connectivity index (χ2n) is 7.59. The van der Waals surface area contributed by atoms with Crippen LogP contribution in [0.15, 0.2) is 58.3 Å². The lowest BCUT2D eigenvalue weighted by Crippen LogP contribution is -2.41. The summed E-state index contributed by atoms with van der Waals surface area (Å²) in [7, 11) is 3.12. The number of likely N-dealkylation sites (N-methyl/N-ethyl adjacent to an activating group) is 1. The average Bonchev–Trinajstić information content (AvgIpc) is 3.40. The van der Waals surface area contributed by atoms with Gasteiger partial charge in [-0.05, 0) is 50.3 Å². The fourth-order valence-electron chi connectivity index (χ4n) is 2.87. The molecule has 3 nitrogen and oxygen atoms in total. The van der Waals surface area contributed by atoms with Crippen LogP contribution >= 0.6 is 11.6 Å². The van der Waals surface area contributed by atoms with Crippen molar-refractivity contribution >= 4 is 17.5 Å². The predicted molar refractivity (Wildman–Crippen MR) is 118 cm³/mol. The highest BCUT2D eigenvalue weighted by Crippen LogP contribution is 2.43. The summed E-state index contributed by atoms with van der Waals surface area (Å²) < 4.78 is 40.0. The fraction of sp³-hybridized carbons (Fsp3) is 0.522. The smallest absolute Gasteiger partial charge is 0.373 e. The summed E-state index contributed by atoms with van der Waals surface area (Å²) in [5, 5.41) is 3.57. The Hall–Kier alpha value is -1.95. The van der Waals surface area contributed by atoms with E-state index in [-0.39, 0.29) is 12.1 Å². The van der Waals surface area contributed by atoms with Crippen LogP contribution in [-0.2, 0) is 4.79 Å². The molecule has 0 atom stereocenters. The van der Waals surface area contributed by atoms with Gasteiger partial charge in [-0.15, -0.1) is 0 Å². The molecule has 1 aliphatic rings. The molecule has 0 saturated heterocycles. The number of allylic oxidation sites excluding steroid dienone is 7. The van der Waals surface area contributed by atoms with Gasteiger partial charge >= 0.3 is 6.18 Å². The molecule has 1 N–H and O–H groups in total. The molecule has 0 aromatic carbocycles. The Morgan fingerprint density at radius 3 is 2.27 bits per heavy atom. The number of hydrogen-bond donors (Lipinski definition) is 1. The van der Waals surface area contributed by atoms with Crippen molar-refractivity contribution in [3.8, 4) is 0 Å². The van der Waals surface area contributed by atoms with E-state index < -0.39 is 23.2 Å². The number of amides is 1. The average molecular weight is 445 g/mol. The standard InChI is InChI=1S/C23H32ClF3N2O/c1-6-8-9-11-18(13-12-17(3)24)22(14-15-22)28-21(30)20(29(4)5)16-19(10-7-2)23(25,26)27/h9-13,16H,6-8,14-15H2,1-5H3,(H,28,30)/b11-9+,17-12+,18-13+,19-10+,20-16-. The van der Waals surface area contributed by atoms with E-state index in [1.807, 2.05) is 18.2 Å². The fourth-order valence-corrected chi connectivity index (χ4v) is 2.93. The number of carbonyl (C=O) groups excluding carboxylic acids is 1. The van der Waals surface area contributed by atoms with Crippen LogP contribution in [-0.4, -0.2) is 36.6 Å². The zero-order valence-electron chi connectivity index (χ0n) is 18.4. The maximum atomic E-state index is 13.3. The first-order valence-electron chi connectivity index (χ1n) is 10.2. The zero-order chi connectivity index (χ0) is 22.9. The summed E-state index contributed by atoms with van der Waals surface area (Å²) in [5.41, 5.74) is -0.568. The molecule has 1 amide bonds. The van der Waals surface area contributed by atoms with Gasteiger partial charge in [-0.3, -0.25) is 4.79 Å². The Morgan fingerprint density at radius 2 is 1.83 bits per heavy atom. The number of rotatable bonds is 10. The highest BCUT2D eigenvalue weighted by molar-refractivity contribution is 6.29. The third-order valence-electron chi connectivity index (χ3n) is 4.66. The number of nitrogens with one attached hydrogen (secondary N) is 1. The molecule has 1 aliphatic carbocycles. The molecule has 0 aromatic rings. The second-order valence-corrected chi connectivity index (χ2v) is 8.19. The molecule has 0 spiro atoms. The van der Waals surface area contributed by atoms with E-state index in [2.05, 4.69) is 12.2 Å². The van der Waals surface area contributed by atoms with Crippen molar-refractivity contribution in [2.45, 2.75) is 64.6 Å². The van der Waals surface area contributed by atoms with Crippen molar-refractivity contribution in [3.05, 3.63) is 58.3 Å². The van der Waals surface area contributed by atoms with E-state index in [1.165, 1.54) is 4.90 Å². The van der Waals surface area contributed by atoms with E-state index in [0.717, 1.165) is 30.6 Å². The first-order valence-corrected chi connectivity index (χ1v) is 10.5. The van der Waals surface area contributed by atoms with E-state index in [9.17, 15) is 18.0 Å². The zero-order valence-corrected chi connectivity index (χ0v) is 19.1. The molecule has 1 rings (SSSR count). The van der Waals surface area contributed by atoms with E-state index in [0.29, 0.717) is 17.9 Å². The normalized spacial score (nSPS) is 18.0. The maximum absolute atomic E-state index is 13.3. The highest BCUT2D eigenvalue weighted by Gasteiger charge is 2.47. The summed E-state index contributed by atoms with van der Waals surface area (Å²) in [6, 6.07) is 0. The van der Waals surface area contributed by atoms with E-state index in [1.54, 1.807) is 34.0 Å². The summed E-state index contributed by atoms with van der Waals surface area (Å²) in [6.07, 6.45) is 8.62. The van der Waals surface area contributed by atoms with Gasteiger partial charge < -0.3 is 10.2 Å². The largest absolute Gasteiger partial charge is 0.416 e. The molecular formula is C23H32ClF3N2O. The highest BCUT2D eigenvalue weighted by atomic mass is 35.5. The number of nitrogens with zero attached hydrogens (tertiary/aromatic N) is 1. The van der Waals surface area contributed by atoms with Gasteiger partial charge in [-0.2, -0.15) is 13.2 Å². The van der Waals surface area contributed by atoms with Crippen molar-refractivity contribution in [1.29, 1.82) is 0 Å². The molecule has 0 heterocycles. The Bertz CT molecular complexity index is 751. The summed E-state index contributed by atoms with van der Waals surface area (Å²) in [4.78, 5) is 14.4. The van der Waals surface area contributed by atoms with Gasteiger partial charge in [0.1, 0.15) is 5.70 Å². The Labute approximate surface area is 183 Å². The van der Waals surface area contributed by atoms with E-state index in [4.69, 9.17) is 11.6 Å². The molecule has 1 fully saturated rings. The van der Waals surface area contributed by atoms with Crippen LogP contribution < -0.4 is 5.32 Å². The van der Waals surface area contributed by atoms with Crippen LogP contribution in [0.4, 0.5) is 13.2 Å². The van der Waals surface area contributed by atoms with E-state index >= 15 is 0 Å². The lowest BCUT2D eigenvalue weighted by molar-refractivity contribution is -0.119. The minimum atomic E-state index is -4.52. The van der Waals surface area contributed by atoms with Crippen molar-refractivity contribution in [2.24, 2.45) is 0 Å². The quantitative estimate of drug-likeness (QED) is 0.312. The van der Waals surface area contributed by atoms with Crippen molar-refractivity contribution in [2.75, 3.05) is 14.1 Å². The topological polar surface area (TPSA) is 32.3 Å². The third-order valence-corrected chi connectivity index (χ3v) is 4.78. The third kappa shape index (κ3) is 8.05. The molecule has 0 aliphatic heterocycles. The number of hydrogen-bond acceptors (Lipinski definition) is 2. The van der Waals surface area contributed by atoms with Crippen LogP contribution in [0.1, 0.15) is 52.9 Å². The SMILES string of the molecule is CC/C=C(\C=C(\C(=O)NC1(C(/C=C/CCC)=C/C=C(\C)Cl)CC1)N(C)C)C(F)(F)F. The molecule has 1 saturated carbocycles. The molecular weight excluding hydrogens is 413 g/mol. The lowest BCUT2D eigenvalue weighted by Gasteiger charge is -2.24. The summed E-state index contributed by atoms with van der Waals surface area (Å²) in [5.74, 6) is -0.537. The van der Waals surface area contributed by atoms with Gasteiger partial charge in [0, 0.05) is 19.1 Å². The Morgan fingerprint density at radius 1 is 1.20 bits per heavy atom. The van der Waals surface area contributed by atoms with Gasteiger partial charge in [-0.25, -0.2) is 0 Å². The van der Waals surface area contributed by atoms with Gasteiger partial charge in [-0.1, -0.05) is 56.2 Å². The van der Waals surface area contributed by atoms with Crippen LogP contribution in [0, 0.1) is 0 Å². The molecule has 0 radical (unpaired) electrons. The van der Waals surface area contributed by atoms with Gasteiger partial charge in [0.2, 0.25) is 0 Å². The van der Waals surface area contributed by atoms with Gasteiger partial charge in [0.05, 0.1) is 11.1 Å².